The molecule has 0 aliphatic heterocycles. The monoisotopic (exact) mass is 435 g/mol. The Kier molecular flexibility index (Phi) is 5.20. The van der Waals surface area contributed by atoms with Crippen molar-refractivity contribution in [2.45, 2.75) is 4.90 Å². The van der Waals surface area contributed by atoms with Gasteiger partial charge in [-0.05, 0) is 42.5 Å². The Hall–Kier alpha value is -3.72. The Balaban J connectivity index is 1.71. The zero-order chi connectivity index (χ0) is 22.2. The lowest BCUT2D eigenvalue weighted by Gasteiger charge is -2.11. The van der Waals surface area contributed by atoms with Crippen molar-refractivity contribution in [1.82, 2.24) is 19.5 Å². The summed E-state index contributed by atoms with van der Waals surface area (Å²) >= 11 is 0. The number of carbonyl (C=O) groups is 1. The van der Waals surface area contributed by atoms with Crippen LogP contribution in [0.4, 0.5) is 11.6 Å². The number of carbonyl (C=O) groups excluding carboxylic acids is 1. The molecule has 0 unspecified atom stereocenters. The molecule has 2 aromatic carbocycles. The van der Waals surface area contributed by atoms with Crippen LogP contribution in [0.15, 0.2) is 71.6 Å². The standard InChI is InChI=1S/C22H21N5O3S/c1-26(2)21(28)16-8-4-9-17(13-16)23-22-24-20-12-6-11-19(27(20)25-22)15-7-5-10-18(14-15)31(3,29)30/h4-14H,1-3H3,(H,23,25). The summed E-state index contributed by atoms with van der Waals surface area (Å²) in [5.41, 5.74) is 3.26. The van der Waals surface area contributed by atoms with Crippen molar-refractivity contribution >= 4 is 33.0 Å². The molecule has 0 atom stereocenters. The van der Waals surface area contributed by atoms with Crippen molar-refractivity contribution in [1.29, 1.82) is 0 Å². The molecule has 0 bridgehead atoms. The van der Waals surface area contributed by atoms with Gasteiger partial charge < -0.3 is 10.2 Å². The van der Waals surface area contributed by atoms with Crippen LogP contribution in [-0.4, -0.2) is 54.2 Å². The summed E-state index contributed by atoms with van der Waals surface area (Å²) in [5.74, 6) is 0.265. The van der Waals surface area contributed by atoms with Gasteiger partial charge in [0, 0.05) is 37.2 Å². The summed E-state index contributed by atoms with van der Waals surface area (Å²) in [6.07, 6.45) is 1.18. The van der Waals surface area contributed by atoms with Gasteiger partial charge in [0.05, 0.1) is 10.6 Å². The van der Waals surface area contributed by atoms with E-state index in [4.69, 9.17) is 0 Å². The van der Waals surface area contributed by atoms with Crippen LogP contribution >= 0.6 is 0 Å². The van der Waals surface area contributed by atoms with Gasteiger partial charge in [-0.2, -0.15) is 4.98 Å². The zero-order valence-electron chi connectivity index (χ0n) is 17.3. The van der Waals surface area contributed by atoms with Gasteiger partial charge in [-0.3, -0.25) is 4.79 Å². The van der Waals surface area contributed by atoms with Crippen LogP contribution in [0.5, 0.6) is 0 Å². The first-order chi connectivity index (χ1) is 14.7. The summed E-state index contributed by atoms with van der Waals surface area (Å²) in [6.45, 7) is 0. The van der Waals surface area contributed by atoms with E-state index < -0.39 is 9.84 Å². The number of fused-ring (bicyclic) bond motifs is 1. The fourth-order valence-electron chi connectivity index (χ4n) is 3.18. The number of anilines is 2. The lowest BCUT2D eigenvalue weighted by molar-refractivity contribution is 0.0827. The number of rotatable bonds is 5. The molecule has 2 heterocycles. The maximum Gasteiger partial charge on any atom is 0.253 e. The van der Waals surface area contributed by atoms with Crippen molar-refractivity contribution in [3.05, 3.63) is 72.3 Å². The van der Waals surface area contributed by atoms with E-state index in [9.17, 15) is 13.2 Å². The first kappa shape index (κ1) is 20.5. The molecular weight excluding hydrogens is 414 g/mol. The minimum Gasteiger partial charge on any atom is -0.345 e. The molecule has 0 aliphatic rings. The molecule has 2 aromatic heterocycles. The van der Waals surface area contributed by atoms with Gasteiger partial charge in [0.2, 0.25) is 5.95 Å². The average Bonchev–Trinajstić information content (AvgIpc) is 3.15. The van der Waals surface area contributed by atoms with E-state index in [1.54, 1.807) is 55.0 Å². The maximum atomic E-state index is 12.2. The molecule has 1 N–H and O–H groups in total. The van der Waals surface area contributed by atoms with Crippen LogP contribution < -0.4 is 5.32 Å². The van der Waals surface area contributed by atoms with E-state index in [-0.39, 0.29) is 10.8 Å². The first-order valence-electron chi connectivity index (χ1n) is 9.47. The number of nitrogens with zero attached hydrogens (tertiary/aromatic N) is 4. The third-order valence-corrected chi connectivity index (χ3v) is 5.80. The molecule has 0 saturated heterocycles. The Morgan fingerprint density at radius 1 is 1.00 bits per heavy atom. The largest absolute Gasteiger partial charge is 0.345 e. The summed E-state index contributed by atoms with van der Waals surface area (Å²) in [7, 11) is 0.0736. The highest BCUT2D eigenvalue weighted by atomic mass is 32.2. The lowest BCUT2D eigenvalue weighted by atomic mass is 10.1. The minimum atomic E-state index is -3.33. The van der Waals surface area contributed by atoms with Gasteiger partial charge in [0.15, 0.2) is 15.5 Å². The van der Waals surface area contributed by atoms with Crippen LogP contribution in [0.2, 0.25) is 0 Å². The van der Waals surface area contributed by atoms with E-state index in [1.807, 2.05) is 30.3 Å². The molecule has 9 heteroatoms. The molecule has 0 spiro atoms. The van der Waals surface area contributed by atoms with E-state index in [1.165, 1.54) is 11.2 Å². The normalized spacial score (nSPS) is 11.5. The van der Waals surface area contributed by atoms with Crippen molar-refractivity contribution in [2.24, 2.45) is 0 Å². The lowest BCUT2D eigenvalue weighted by Crippen LogP contribution is -2.21. The molecule has 0 aliphatic carbocycles. The molecule has 4 aromatic rings. The second kappa shape index (κ2) is 7.84. The average molecular weight is 436 g/mol. The predicted molar refractivity (Wildman–Crippen MR) is 119 cm³/mol. The van der Waals surface area contributed by atoms with Crippen LogP contribution in [0.3, 0.4) is 0 Å². The molecule has 1 amide bonds. The van der Waals surface area contributed by atoms with Crippen LogP contribution in [0.1, 0.15) is 10.4 Å². The highest BCUT2D eigenvalue weighted by Crippen LogP contribution is 2.24. The summed E-state index contributed by atoms with van der Waals surface area (Å²) in [4.78, 5) is 18.5. The Bertz CT molecular complexity index is 1390. The number of nitrogens with one attached hydrogen (secondary N) is 1. The highest BCUT2D eigenvalue weighted by molar-refractivity contribution is 7.90. The van der Waals surface area contributed by atoms with Crippen molar-refractivity contribution in [3.63, 3.8) is 0 Å². The van der Waals surface area contributed by atoms with Crippen molar-refractivity contribution < 1.29 is 13.2 Å². The highest BCUT2D eigenvalue weighted by Gasteiger charge is 2.13. The molecule has 0 fully saturated rings. The molecule has 8 nitrogen and oxygen atoms in total. The smallest absolute Gasteiger partial charge is 0.253 e. The van der Waals surface area contributed by atoms with Crippen LogP contribution in [0.25, 0.3) is 16.9 Å². The van der Waals surface area contributed by atoms with Crippen molar-refractivity contribution in [3.8, 4) is 11.3 Å². The van der Waals surface area contributed by atoms with Crippen LogP contribution in [0, 0.1) is 0 Å². The molecule has 158 valence electrons. The van der Waals surface area contributed by atoms with Gasteiger partial charge in [-0.1, -0.05) is 24.3 Å². The Morgan fingerprint density at radius 2 is 1.74 bits per heavy atom. The molecule has 4 rings (SSSR count). The third-order valence-electron chi connectivity index (χ3n) is 4.69. The molecule has 31 heavy (non-hydrogen) atoms. The Labute approximate surface area is 180 Å². The molecule has 0 saturated carbocycles. The zero-order valence-corrected chi connectivity index (χ0v) is 18.1. The maximum absolute atomic E-state index is 12.2. The summed E-state index contributed by atoms with van der Waals surface area (Å²) in [5, 5.41) is 7.67. The third kappa shape index (κ3) is 4.26. The molecule has 0 radical (unpaired) electrons. The topological polar surface area (TPSA) is 96.7 Å². The van der Waals surface area contributed by atoms with E-state index in [2.05, 4.69) is 15.4 Å². The number of sulfone groups is 1. The first-order valence-corrected chi connectivity index (χ1v) is 11.4. The van der Waals surface area contributed by atoms with E-state index >= 15 is 0 Å². The second-order valence-electron chi connectivity index (χ2n) is 7.32. The Morgan fingerprint density at radius 3 is 2.48 bits per heavy atom. The van der Waals surface area contributed by atoms with Crippen LogP contribution in [-0.2, 0) is 9.84 Å². The van der Waals surface area contributed by atoms with E-state index in [0.717, 1.165) is 0 Å². The minimum absolute atomic E-state index is 0.0975. The SMILES string of the molecule is CN(C)C(=O)c1cccc(Nc2nc3cccc(-c4cccc(S(C)(=O)=O)c4)n3n2)c1. The fraction of sp³-hybridized carbons (Fsp3) is 0.136. The number of hydrogen-bond donors (Lipinski definition) is 1. The van der Waals surface area contributed by atoms with Gasteiger partial charge in [0.25, 0.3) is 5.91 Å². The quantitative estimate of drug-likeness (QED) is 0.517. The van der Waals surface area contributed by atoms with Gasteiger partial charge in [0.1, 0.15) is 0 Å². The number of amides is 1. The second-order valence-corrected chi connectivity index (χ2v) is 9.34. The predicted octanol–water partition coefficient (Wildman–Crippen LogP) is 3.25. The van der Waals surface area contributed by atoms with Gasteiger partial charge >= 0.3 is 0 Å². The number of benzene rings is 2. The molecular formula is C22H21N5O3S. The van der Waals surface area contributed by atoms with Crippen molar-refractivity contribution in [2.75, 3.05) is 25.7 Å². The summed E-state index contributed by atoms with van der Waals surface area (Å²) in [6, 6.07) is 19.3. The van der Waals surface area contributed by atoms with E-state index in [0.29, 0.717) is 34.1 Å². The number of aromatic nitrogens is 3. The number of hydrogen-bond acceptors (Lipinski definition) is 6. The summed E-state index contributed by atoms with van der Waals surface area (Å²) < 4.78 is 25.5. The number of pyridine rings is 1. The van der Waals surface area contributed by atoms with Gasteiger partial charge in [-0.15, -0.1) is 5.10 Å². The van der Waals surface area contributed by atoms with Gasteiger partial charge in [-0.25, -0.2) is 12.9 Å². The fourth-order valence-corrected chi connectivity index (χ4v) is 3.85.